The quantitative estimate of drug-likeness (QED) is 0.158. The molecule has 310 valence electrons. The van der Waals surface area contributed by atoms with Crippen molar-refractivity contribution in [3.63, 3.8) is 0 Å². The molecule has 9 aromatic carbocycles. The number of rotatable bonds is 6. The van der Waals surface area contributed by atoms with Gasteiger partial charge in [-0.3, -0.25) is 0 Å². The van der Waals surface area contributed by atoms with E-state index in [9.17, 15) is 0 Å². The number of benzene rings is 9. The molecule has 0 saturated heterocycles. The van der Waals surface area contributed by atoms with E-state index >= 15 is 0 Å². The Morgan fingerprint density at radius 2 is 0.719 bits per heavy atom. The minimum absolute atomic E-state index is 0.652. The summed E-state index contributed by atoms with van der Waals surface area (Å²) in [5, 5.41) is 10.3. The lowest BCUT2D eigenvalue weighted by Gasteiger charge is -2.27. The third-order valence-corrected chi connectivity index (χ3v) is 15.2. The van der Waals surface area contributed by atoms with Crippen molar-refractivity contribution in [2.45, 2.75) is 76.0 Å². The Labute approximate surface area is 375 Å². The monoisotopic (exact) mass is 824 g/mol. The normalized spacial score (nSPS) is 15.4. The van der Waals surface area contributed by atoms with E-state index in [0.29, 0.717) is 11.8 Å². The van der Waals surface area contributed by atoms with Crippen molar-refractivity contribution in [3.8, 4) is 33.6 Å². The summed E-state index contributed by atoms with van der Waals surface area (Å²) in [7, 11) is 0. The van der Waals surface area contributed by atoms with Crippen LogP contribution < -0.4 is 0 Å². The molecule has 2 aliphatic carbocycles. The fourth-order valence-electron chi connectivity index (χ4n) is 12.0. The highest BCUT2D eigenvalue weighted by atomic mass is 15.0. The van der Waals surface area contributed by atoms with E-state index in [1.807, 2.05) is 0 Å². The van der Waals surface area contributed by atoms with Crippen molar-refractivity contribution in [1.29, 1.82) is 0 Å². The highest BCUT2D eigenvalue weighted by Crippen LogP contribution is 2.45. The molecule has 2 heteroatoms. The van der Waals surface area contributed by atoms with Gasteiger partial charge in [-0.05, 0) is 159 Å². The molecule has 2 saturated carbocycles. The summed E-state index contributed by atoms with van der Waals surface area (Å²) >= 11 is 0. The molecule has 0 spiro atoms. The third kappa shape index (κ3) is 6.29. The average Bonchev–Trinajstić information content (AvgIpc) is 3.89. The molecule has 2 fully saturated rings. The van der Waals surface area contributed by atoms with Gasteiger partial charge in [0, 0.05) is 32.9 Å². The summed E-state index contributed by atoms with van der Waals surface area (Å²) in [5.74, 6) is 1.30. The van der Waals surface area contributed by atoms with E-state index in [1.165, 1.54) is 163 Å². The fraction of sp³-hybridized carbons (Fsp3) is 0.194. The van der Waals surface area contributed by atoms with Gasteiger partial charge in [0.25, 0.3) is 0 Å². The van der Waals surface area contributed by atoms with Crippen LogP contribution in [0.2, 0.25) is 0 Å². The first kappa shape index (κ1) is 37.6. The summed E-state index contributed by atoms with van der Waals surface area (Å²) in [5.41, 5.74) is 15.5. The highest BCUT2D eigenvalue weighted by molar-refractivity contribution is 6.29. The lowest BCUT2D eigenvalue weighted by Crippen LogP contribution is -2.10. The first-order chi connectivity index (χ1) is 31.7. The lowest BCUT2D eigenvalue weighted by atomic mass is 9.79. The zero-order chi connectivity index (χ0) is 42.1. The van der Waals surface area contributed by atoms with Crippen LogP contribution in [0.1, 0.15) is 87.2 Å². The Hall–Kier alpha value is -6.90. The maximum absolute atomic E-state index is 2.63. The van der Waals surface area contributed by atoms with Gasteiger partial charge in [-0.15, -0.1) is 0 Å². The van der Waals surface area contributed by atoms with Crippen molar-refractivity contribution < 1.29 is 0 Å². The van der Waals surface area contributed by atoms with E-state index in [-0.39, 0.29) is 0 Å². The second kappa shape index (κ2) is 15.4. The first-order valence-electron chi connectivity index (χ1n) is 24.0. The molecule has 0 radical (unpaired) electrons. The molecule has 0 atom stereocenters. The number of aromatic nitrogens is 2. The van der Waals surface area contributed by atoms with Gasteiger partial charge in [-0.25, -0.2) is 0 Å². The molecule has 2 aromatic heterocycles. The molecule has 64 heavy (non-hydrogen) atoms. The van der Waals surface area contributed by atoms with Crippen molar-refractivity contribution >= 4 is 65.2 Å². The SMILES string of the molecule is c1ccc2cc(-c3cc(-c4ccc5ccccc5c4)cc(-n4c5ccccc5c5c6c7ccccc7n(-c7cc(C8CCCCC8)cc(C8CCCCC8)c7)c6ccc54)c3)ccc2c1. The van der Waals surface area contributed by atoms with Crippen LogP contribution in [0.5, 0.6) is 0 Å². The van der Waals surface area contributed by atoms with Crippen LogP contribution in [0.4, 0.5) is 0 Å². The van der Waals surface area contributed by atoms with E-state index in [4.69, 9.17) is 0 Å². The molecule has 2 nitrogen and oxygen atoms in total. The maximum atomic E-state index is 2.63. The summed E-state index contributed by atoms with van der Waals surface area (Å²) in [4.78, 5) is 0. The number of hydrogen-bond acceptors (Lipinski definition) is 0. The molecule has 13 rings (SSSR count). The van der Waals surface area contributed by atoms with Gasteiger partial charge >= 0.3 is 0 Å². The van der Waals surface area contributed by atoms with Crippen molar-refractivity contribution in [1.82, 2.24) is 9.13 Å². The summed E-state index contributed by atoms with van der Waals surface area (Å²) in [6.07, 6.45) is 13.4. The molecular formula is C62H52N2. The number of nitrogens with zero attached hydrogens (tertiary/aromatic N) is 2. The summed E-state index contributed by atoms with van der Waals surface area (Å²) in [6, 6.07) is 69.4. The minimum Gasteiger partial charge on any atom is -0.309 e. The summed E-state index contributed by atoms with van der Waals surface area (Å²) in [6.45, 7) is 0. The van der Waals surface area contributed by atoms with E-state index in [2.05, 4.69) is 191 Å². The molecule has 0 N–H and O–H groups in total. The highest BCUT2D eigenvalue weighted by Gasteiger charge is 2.25. The zero-order valence-electron chi connectivity index (χ0n) is 36.4. The summed E-state index contributed by atoms with van der Waals surface area (Å²) < 4.78 is 5.16. The van der Waals surface area contributed by atoms with Gasteiger partial charge < -0.3 is 9.13 Å². The largest absolute Gasteiger partial charge is 0.309 e. The van der Waals surface area contributed by atoms with Gasteiger partial charge in [-0.1, -0.05) is 154 Å². The van der Waals surface area contributed by atoms with Crippen LogP contribution in [0.15, 0.2) is 182 Å². The van der Waals surface area contributed by atoms with Crippen LogP contribution in [-0.2, 0) is 0 Å². The molecule has 11 aromatic rings. The molecular weight excluding hydrogens is 773 g/mol. The molecule has 0 bridgehead atoms. The second-order valence-corrected chi connectivity index (χ2v) is 19.0. The van der Waals surface area contributed by atoms with Crippen LogP contribution in [-0.4, -0.2) is 9.13 Å². The Morgan fingerprint density at radius 3 is 1.20 bits per heavy atom. The van der Waals surface area contributed by atoms with Crippen molar-refractivity contribution in [2.24, 2.45) is 0 Å². The Morgan fingerprint density at radius 1 is 0.297 bits per heavy atom. The Balaban J connectivity index is 1.06. The van der Waals surface area contributed by atoms with Crippen molar-refractivity contribution in [2.75, 3.05) is 0 Å². The first-order valence-corrected chi connectivity index (χ1v) is 24.0. The van der Waals surface area contributed by atoms with Gasteiger partial charge in [0.15, 0.2) is 0 Å². The van der Waals surface area contributed by atoms with E-state index in [1.54, 1.807) is 11.1 Å². The van der Waals surface area contributed by atoms with Gasteiger partial charge in [0.05, 0.1) is 22.1 Å². The van der Waals surface area contributed by atoms with Gasteiger partial charge in [0.1, 0.15) is 0 Å². The standard InChI is InChI=1S/C62H52N2/c1-3-15-41(16-4-1)49-35-50(42-17-5-2-6-18-42)38-53(37-49)63-57-25-13-11-23-55(57)61-59(63)31-32-60-62(61)56-24-12-14-26-58(56)64(60)54-39-51(47-29-27-43-19-7-9-21-45(43)33-47)36-52(40-54)48-30-28-44-20-8-10-22-46(44)34-48/h7-14,19-42H,1-6,15-18H2. The zero-order valence-corrected chi connectivity index (χ0v) is 36.4. The van der Waals surface area contributed by atoms with Gasteiger partial charge in [0.2, 0.25) is 0 Å². The maximum Gasteiger partial charge on any atom is 0.0548 e. The van der Waals surface area contributed by atoms with Crippen LogP contribution in [0, 0.1) is 0 Å². The van der Waals surface area contributed by atoms with Crippen molar-refractivity contribution in [3.05, 3.63) is 193 Å². The molecule has 0 amide bonds. The average molecular weight is 825 g/mol. The van der Waals surface area contributed by atoms with E-state index < -0.39 is 0 Å². The number of hydrogen-bond donors (Lipinski definition) is 0. The fourth-order valence-corrected chi connectivity index (χ4v) is 12.0. The van der Waals surface area contributed by atoms with Crippen LogP contribution >= 0.6 is 0 Å². The topological polar surface area (TPSA) is 9.86 Å². The Kier molecular flexibility index (Phi) is 9.07. The van der Waals surface area contributed by atoms with Crippen LogP contribution in [0.25, 0.3) is 98.8 Å². The minimum atomic E-state index is 0.652. The smallest absolute Gasteiger partial charge is 0.0548 e. The van der Waals surface area contributed by atoms with Crippen LogP contribution in [0.3, 0.4) is 0 Å². The Bertz CT molecular complexity index is 3450. The van der Waals surface area contributed by atoms with E-state index in [0.717, 1.165) is 0 Å². The lowest BCUT2D eigenvalue weighted by molar-refractivity contribution is 0.435. The molecule has 0 unspecified atom stereocenters. The molecule has 0 aliphatic heterocycles. The third-order valence-electron chi connectivity index (χ3n) is 15.2. The predicted molar refractivity (Wildman–Crippen MR) is 273 cm³/mol. The second-order valence-electron chi connectivity index (χ2n) is 19.0. The molecule has 2 aliphatic rings. The van der Waals surface area contributed by atoms with Gasteiger partial charge in [-0.2, -0.15) is 0 Å². The number of fused-ring (bicyclic) bond motifs is 9. The number of para-hydroxylation sites is 2. The molecule has 2 heterocycles. The predicted octanol–water partition coefficient (Wildman–Crippen LogP) is 17.6.